The molecule has 0 atom stereocenters. The molecule has 1 rings (SSSR count). The van der Waals surface area contributed by atoms with E-state index in [1.807, 2.05) is 25.1 Å². The molecule has 0 amide bonds. The fourth-order valence-electron chi connectivity index (χ4n) is 1.26. The number of benzene rings is 1. The zero-order chi connectivity index (χ0) is 12.1. The lowest BCUT2D eigenvalue weighted by Gasteiger charge is -2.01. The van der Waals surface area contributed by atoms with E-state index in [1.165, 1.54) is 13.8 Å². The van der Waals surface area contributed by atoms with E-state index >= 15 is 0 Å². The second-order valence-electron chi connectivity index (χ2n) is 3.68. The first kappa shape index (κ1) is 12.2. The smallest absolute Gasteiger partial charge is 0.187 e. The standard InChI is InChI=1S/C12H14N2O2/c1-8-5-4-6-11(7-8)13-14-12(9(2)15)10(3)16/h4-7,12H,1-3H3. The van der Waals surface area contributed by atoms with E-state index in [1.54, 1.807) is 6.07 Å². The number of carbonyl (C=O) groups is 2. The minimum absolute atomic E-state index is 0.288. The van der Waals surface area contributed by atoms with E-state index in [0.29, 0.717) is 5.69 Å². The van der Waals surface area contributed by atoms with Crippen LogP contribution in [0.25, 0.3) is 0 Å². The molecule has 1 aromatic rings. The average Bonchev–Trinajstić information content (AvgIpc) is 2.16. The van der Waals surface area contributed by atoms with Crippen LogP contribution in [0.5, 0.6) is 0 Å². The van der Waals surface area contributed by atoms with Crippen molar-refractivity contribution >= 4 is 17.3 Å². The number of Topliss-reactive ketones (excluding diaryl/α,β-unsaturated/α-hetero) is 2. The average molecular weight is 218 g/mol. The van der Waals surface area contributed by atoms with Gasteiger partial charge in [0, 0.05) is 0 Å². The largest absolute Gasteiger partial charge is 0.297 e. The van der Waals surface area contributed by atoms with Crippen LogP contribution in [0.4, 0.5) is 5.69 Å². The fraction of sp³-hybridized carbons (Fsp3) is 0.333. The van der Waals surface area contributed by atoms with Crippen LogP contribution in [-0.4, -0.2) is 17.6 Å². The number of carbonyl (C=O) groups excluding carboxylic acids is 2. The third kappa shape index (κ3) is 3.38. The van der Waals surface area contributed by atoms with Gasteiger partial charge >= 0.3 is 0 Å². The molecule has 0 radical (unpaired) electrons. The monoisotopic (exact) mass is 218 g/mol. The van der Waals surface area contributed by atoms with Gasteiger partial charge in [-0.15, -0.1) is 0 Å². The van der Waals surface area contributed by atoms with Crippen LogP contribution in [0.15, 0.2) is 34.5 Å². The van der Waals surface area contributed by atoms with E-state index in [9.17, 15) is 9.59 Å². The van der Waals surface area contributed by atoms with Gasteiger partial charge in [0.25, 0.3) is 0 Å². The predicted octanol–water partition coefficient (Wildman–Crippen LogP) is 2.63. The first-order chi connectivity index (χ1) is 7.50. The number of hydrogen-bond donors (Lipinski definition) is 0. The van der Waals surface area contributed by atoms with Crippen molar-refractivity contribution in [1.29, 1.82) is 0 Å². The molecule has 4 heteroatoms. The molecule has 0 aromatic heterocycles. The summed E-state index contributed by atoms with van der Waals surface area (Å²) in [4.78, 5) is 22.2. The van der Waals surface area contributed by atoms with Crippen LogP contribution in [0.1, 0.15) is 19.4 Å². The molecule has 0 saturated heterocycles. The van der Waals surface area contributed by atoms with Gasteiger partial charge in [-0.25, -0.2) is 0 Å². The molecule has 0 aliphatic carbocycles. The van der Waals surface area contributed by atoms with Crippen LogP contribution >= 0.6 is 0 Å². The Kier molecular flexibility index (Phi) is 4.05. The zero-order valence-electron chi connectivity index (χ0n) is 9.60. The van der Waals surface area contributed by atoms with Crippen molar-refractivity contribution < 1.29 is 9.59 Å². The van der Waals surface area contributed by atoms with Crippen molar-refractivity contribution in [3.8, 4) is 0 Å². The van der Waals surface area contributed by atoms with E-state index in [-0.39, 0.29) is 11.6 Å². The molecule has 0 aliphatic heterocycles. The first-order valence-corrected chi connectivity index (χ1v) is 4.99. The molecular formula is C12H14N2O2. The molecular weight excluding hydrogens is 204 g/mol. The Bertz CT molecular complexity index is 424. The van der Waals surface area contributed by atoms with Crippen LogP contribution in [-0.2, 0) is 9.59 Å². The summed E-state index contributed by atoms with van der Waals surface area (Å²) < 4.78 is 0. The Hall–Kier alpha value is -1.84. The van der Waals surface area contributed by atoms with Gasteiger partial charge in [0.1, 0.15) is 0 Å². The highest BCUT2D eigenvalue weighted by Crippen LogP contribution is 2.14. The lowest BCUT2D eigenvalue weighted by molar-refractivity contribution is -0.126. The molecule has 0 saturated carbocycles. The maximum absolute atomic E-state index is 11.1. The zero-order valence-corrected chi connectivity index (χ0v) is 9.60. The molecule has 1 aromatic carbocycles. The molecule has 0 N–H and O–H groups in total. The van der Waals surface area contributed by atoms with Crippen molar-refractivity contribution in [2.75, 3.05) is 0 Å². The summed E-state index contributed by atoms with van der Waals surface area (Å²) in [5.74, 6) is -0.576. The molecule has 0 bridgehead atoms. The summed E-state index contributed by atoms with van der Waals surface area (Å²) in [5, 5.41) is 7.65. The summed E-state index contributed by atoms with van der Waals surface area (Å²) in [6.45, 7) is 4.61. The third-order valence-electron chi connectivity index (χ3n) is 2.06. The van der Waals surface area contributed by atoms with Crippen LogP contribution < -0.4 is 0 Å². The van der Waals surface area contributed by atoms with Crippen molar-refractivity contribution in [1.82, 2.24) is 0 Å². The molecule has 0 fully saturated rings. The summed E-state index contributed by atoms with van der Waals surface area (Å²) in [7, 11) is 0. The van der Waals surface area contributed by atoms with Gasteiger partial charge in [-0.05, 0) is 38.5 Å². The Morgan fingerprint density at radius 1 is 1.19 bits per heavy atom. The van der Waals surface area contributed by atoms with Gasteiger partial charge in [0.15, 0.2) is 17.6 Å². The molecule has 0 aliphatic rings. The molecule has 0 heterocycles. The maximum Gasteiger partial charge on any atom is 0.187 e. The van der Waals surface area contributed by atoms with Gasteiger partial charge in [-0.3, -0.25) is 9.59 Å². The maximum atomic E-state index is 11.1. The number of hydrogen-bond acceptors (Lipinski definition) is 4. The molecule has 0 unspecified atom stereocenters. The van der Waals surface area contributed by atoms with Gasteiger partial charge in [0.05, 0.1) is 5.69 Å². The summed E-state index contributed by atoms with van der Waals surface area (Å²) in [6.07, 6.45) is 0. The summed E-state index contributed by atoms with van der Waals surface area (Å²) in [6, 6.07) is 6.42. The molecule has 16 heavy (non-hydrogen) atoms. The lowest BCUT2D eigenvalue weighted by atomic mass is 10.1. The Morgan fingerprint density at radius 3 is 2.31 bits per heavy atom. The third-order valence-corrected chi connectivity index (χ3v) is 2.06. The molecule has 4 nitrogen and oxygen atoms in total. The summed E-state index contributed by atoms with van der Waals surface area (Å²) >= 11 is 0. The van der Waals surface area contributed by atoms with Crippen molar-refractivity contribution in [3.63, 3.8) is 0 Å². The normalized spacial score (nSPS) is 11.0. The lowest BCUT2D eigenvalue weighted by Crippen LogP contribution is -2.23. The number of azo groups is 1. The Morgan fingerprint density at radius 2 is 1.81 bits per heavy atom. The van der Waals surface area contributed by atoms with Gasteiger partial charge in [-0.1, -0.05) is 12.1 Å². The van der Waals surface area contributed by atoms with Crippen molar-refractivity contribution in [3.05, 3.63) is 29.8 Å². The number of aryl methyl sites for hydroxylation is 1. The highest BCUT2D eigenvalue weighted by molar-refractivity contribution is 6.04. The predicted molar refractivity (Wildman–Crippen MR) is 60.8 cm³/mol. The minimum atomic E-state index is -0.972. The van der Waals surface area contributed by atoms with E-state index < -0.39 is 6.04 Å². The van der Waals surface area contributed by atoms with Crippen molar-refractivity contribution in [2.45, 2.75) is 26.8 Å². The fourth-order valence-corrected chi connectivity index (χ4v) is 1.26. The topological polar surface area (TPSA) is 58.9 Å². The van der Waals surface area contributed by atoms with Gasteiger partial charge < -0.3 is 0 Å². The number of rotatable bonds is 4. The van der Waals surface area contributed by atoms with Crippen molar-refractivity contribution in [2.24, 2.45) is 10.2 Å². The van der Waals surface area contributed by atoms with E-state index in [4.69, 9.17) is 0 Å². The van der Waals surface area contributed by atoms with Crippen LogP contribution in [0, 0.1) is 6.92 Å². The SMILES string of the molecule is CC(=O)C(N=Nc1cccc(C)c1)C(C)=O. The van der Waals surface area contributed by atoms with Crippen LogP contribution in [0.2, 0.25) is 0 Å². The Labute approximate surface area is 94.4 Å². The van der Waals surface area contributed by atoms with Gasteiger partial charge in [0.2, 0.25) is 0 Å². The number of nitrogens with zero attached hydrogens (tertiary/aromatic N) is 2. The quantitative estimate of drug-likeness (QED) is 0.576. The highest BCUT2D eigenvalue weighted by atomic mass is 16.2. The van der Waals surface area contributed by atoms with E-state index in [2.05, 4.69) is 10.2 Å². The molecule has 84 valence electrons. The second kappa shape index (κ2) is 5.30. The Balaban J connectivity index is 2.86. The van der Waals surface area contributed by atoms with Gasteiger partial charge in [-0.2, -0.15) is 10.2 Å². The molecule has 0 spiro atoms. The van der Waals surface area contributed by atoms with E-state index in [0.717, 1.165) is 5.56 Å². The minimum Gasteiger partial charge on any atom is -0.297 e. The number of ketones is 2. The van der Waals surface area contributed by atoms with Crippen LogP contribution in [0.3, 0.4) is 0 Å². The summed E-state index contributed by atoms with van der Waals surface area (Å²) in [5.41, 5.74) is 1.70. The second-order valence-corrected chi connectivity index (χ2v) is 3.68. The highest BCUT2D eigenvalue weighted by Gasteiger charge is 2.18. The first-order valence-electron chi connectivity index (χ1n) is 4.99.